The zero-order valence-electron chi connectivity index (χ0n) is 11.3. The predicted molar refractivity (Wildman–Crippen MR) is 70.9 cm³/mol. The third-order valence-electron chi connectivity index (χ3n) is 2.32. The van der Waals surface area contributed by atoms with Crippen LogP contribution in [0.1, 0.15) is 18.9 Å². The molecule has 0 fully saturated rings. The molecule has 0 aliphatic carbocycles. The van der Waals surface area contributed by atoms with Crippen LogP contribution in [0.3, 0.4) is 0 Å². The normalized spacial score (nSPS) is 9.79. The van der Waals surface area contributed by atoms with Crippen molar-refractivity contribution in [2.45, 2.75) is 20.3 Å². The molecule has 19 heavy (non-hydrogen) atoms. The highest BCUT2D eigenvalue weighted by Gasteiger charge is 2.06. The van der Waals surface area contributed by atoms with Crippen molar-refractivity contribution < 1.29 is 19.1 Å². The molecule has 0 aliphatic heterocycles. The third-order valence-corrected chi connectivity index (χ3v) is 2.32. The summed E-state index contributed by atoms with van der Waals surface area (Å²) in [6.45, 7) is 4.18. The van der Waals surface area contributed by atoms with Crippen molar-refractivity contribution in [3.8, 4) is 5.75 Å². The quantitative estimate of drug-likeness (QED) is 0.758. The van der Waals surface area contributed by atoms with Crippen LogP contribution < -0.4 is 10.1 Å². The van der Waals surface area contributed by atoms with Crippen LogP contribution in [0, 0.1) is 6.92 Å². The maximum Gasteiger partial charge on any atom is 0.325 e. The lowest BCUT2D eigenvalue weighted by atomic mass is 10.2. The molecule has 0 saturated carbocycles. The molecule has 0 saturated heterocycles. The second kappa shape index (κ2) is 8.13. The van der Waals surface area contributed by atoms with E-state index in [1.165, 1.54) is 0 Å². The lowest BCUT2D eigenvalue weighted by Gasteiger charge is -2.07. The van der Waals surface area contributed by atoms with E-state index in [1.807, 2.05) is 31.2 Å². The molecule has 1 aromatic carbocycles. The fourth-order valence-electron chi connectivity index (χ4n) is 1.44. The van der Waals surface area contributed by atoms with Crippen molar-refractivity contribution in [1.29, 1.82) is 0 Å². The SMILES string of the molecule is CCOC(=O)CNC(=O)CCOc1cccc(C)c1. The van der Waals surface area contributed by atoms with E-state index in [4.69, 9.17) is 9.47 Å². The Morgan fingerprint density at radius 3 is 2.79 bits per heavy atom. The van der Waals surface area contributed by atoms with Gasteiger partial charge in [-0.25, -0.2) is 0 Å². The summed E-state index contributed by atoms with van der Waals surface area (Å²) in [5.74, 6) is 0.0642. The summed E-state index contributed by atoms with van der Waals surface area (Å²) in [5.41, 5.74) is 1.10. The molecule has 0 bridgehead atoms. The summed E-state index contributed by atoms with van der Waals surface area (Å²) in [4.78, 5) is 22.4. The molecule has 1 rings (SSSR count). The van der Waals surface area contributed by atoms with Gasteiger partial charge in [0.15, 0.2) is 0 Å². The Kier molecular flexibility index (Phi) is 6.43. The van der Waals surface area contributed by atoms with E-state index in [1.54, 1.807) is 6.92 Å². The first kappa shape index (κ1) is 15.0. The Bertz CT molecular complexity index is 431. The minimum Gasteiger partial charge on any atom is -0.493 e. The summed E-state index contributed by atoms with van der Waals surface area (Å²) in [5, 5.41) is 2.47. The molecule has 0 unspecified atom stereocenters. The van der Waals surface area contributed by atoms with E-state index >= 15 is 0 Å². The van der Waals surface area contributed by atoms with Crippen LogP contribution >= 0.6 is 0 Å². The van der Waals surface area contributed by atoms with Crippen LogP contribution in [0.4, 0.5) is 0 Å². The van der Waals surface area contributed by atoms with E-state index in [0.717, 1.165) is 11.3 Å². The van der Waals surface area contributed by atoms with Crippen molar-refractivity contribution in [2.24, 2.45) is 0 Å². The second-order valence-electron chi connectivity index (χ2n) is 4.00. The van der Waals surface area contributed by atoms with E-state index < -0.39 is 5.97 Å². The number of rotatable bonds is 7. The molecule has 0 aliphatic rings. The van der Waals surface area contributed by atoms with E-state index in [2.05, 4.69) is 5.32 Å². The van der Waals surface area contributed by atoms with Crippen LogP contribution in [0.5, 0.6) is 5.75 Å². The highest BCUT2D eigenvalue weighted by atomic mass is 16.5. The van der Waals surface area contributed by atoms with Gasteiger partial charge in [0.1, 0.15) is 12.3 Å². The van der Waals surface area contributed by atoms with Gasteiger partial charge in [0.25, 0.3) is 0 Å². The number of benzene rings is 1. The molecule has 0 radical (unpaired) electrons. The molecule has 1 aromatic rings. The molecule has 0 spiro atoms. The number of ether oxygens (including phenoxy) is 2. The second-order valence-corrected chi connectivity index (χ2v) is 4.00. The number of carbonyl (C=O) groups excluding carboxylic acids is 2. The first-order valence-electron chi connectivity index (χ1n) is 6.23. The van der Waals surface area contributed by atoms with Gasteiger partial charge in [-0.15, -0.1) is 0 Å². The zero-order chi connectivity index (χ0) is 14.1. The van der Waals surface area contributed by atoms with Gasteiger partial charge >= 0.3 is 5.97 Å². The summed E-state index contributed by atoms with van der Waals surface area (Å²) in [6.07, 6.45) is 0.202. The molecule has 104 valence electrons. The number of hydrogen-bond donors (Lipinski definition) is 1. The molecule has 0 atom stereocenters. The van der Waals surface area contributed by atoms with E-state index in [0.29, 0.717) is 6.61 Å². The standard InChI is InChI=1S/C14H19NO4/c1-3-18-14(17)10-15-13(16)7-8-19-12-6-4-5-11(2)9-12/h4-6,9H,3,7-8,10H2,1-2H3,(H,15,16). The van der Waals surface area contributed by atoms with Crippen molar-refractivity contribution >= 4 is 11.9 Å². The van der Waals surface area contributed by atoms with Gasteiger partial charge in [-0.3, -0.25) is 9.59 Å². The monoisotopic (exact) mass is 265 g/mol. The molecule has 5 heteroatoms. The maximum absolute atomic E-state index is 11.4. The minimum atomic E-state index is -0.435. The summed E-state index contributed by atoms with van der Waals surface area (Å²) >= 11 is 0. The lowest BCUT2D eigenvalue weighted by Crippen LogP contribution is -2.31. The minimum absolute atomic E-state index is 0.100. The van der Waals surface area contributed by atoms with E-state index in [-0.39, 0.29) is 25.5 Å². The van der Waals surface area contributed by atoms with Crippen molar-refractivity contribution in [2.75, 3.05) is 19.8 Å². The summed E-state index contributed by atoms with van der Waals surface area (Å²) in [7, 11) is 0. The van der Waals surface area contributed by atoms with Gasteiger partial charge in [0, 0.05) is 0 Å². The van der Waals surface area contributed by atoms with Gasteiger partial charge in [0.2, 0.25) is 5.91 Å². The van der Waals surface area contributed by atoms with Crippen LogP contribution in [-0.2, 0) is 14.3 Å². The van der Waals surface area contributed by atoms with E-state index in [9.17, 15) is 9.59 Å². The highest BCUT2D eigenvalue weighted by molar-refractivity contribution is 5.81. The summed E-state index contributed by atoms with van der Waals surface area (Å²) < 4.78 is 10.1. The molecule has 1 N–H and O–H groups in total. The highest BCUT2D eigenvalue weighted by Crippen LogP contribution is 2.12. The molecule has 1 amide bonds. The Hall–Kier alpha value is -2.04. The fourth-order valence-corrected chi connectivity index (χ4v) is 1.44. The van der Waals surface area contributed by atoms with Crippen LogP contribution in [0.15, 0.2) is 24.3 Å². The fraction of sp³-hybridized carbons (Fsp3) is 0.429. The Balaban J connectivity index is 2.18. The molecule has 0 aromatic heterocycles. The largest absolute Gasteiger partial charge is 0.493 e. The lowest BCUT2D eigenvalue weighted by molar-refractivity contribution is -0.143. The number of carbonyl (C=O) groups is 2. The van der Waals surface area contributed by atoms with Gasteiger partial charge in [0.05, 0.1) is 19.6 Å². The molecular formula is C14H19NO4. The van der Waals surface area contributed by atoms with Gasteiger partial charge < -0.3 is 14.8 Å². The molecule has 5 nitrogen and oxygen atoms in total. The van der Waals surface area contributed by atoms with Gasteiger partial charge in [-0.1, -0.05) is 12.1 Å². The Morgan fingerprint density at radius 1 is 1.32 bits per heavy atom. The smallest absolute Gasteiger partial charge is 0.325 e. The first-order valence-corrected chi connectivity index (χ1v) is 6.23. The summed E-state index contributed by atoms with van der Waals surface area (Å²) in [6, 6.07) is 7.60. The first-order chi connectivity index (χ1) is 9.11. The average Bonchev–Trinajstić information content (AvgIpc) is 2.37. The van der Waals surface area contributed by atoms with Crippen LogP contribution in [-0.4, -0.2) is 31.6 Å². The van der Waals surface area contributed by atoms with Crippen molar-refractivity contribution in [1.82, 2.24) is 5.32 Å². The van der Waals surface area contributed by atoms with Gasteiger partial charge in [-0.2, -0.15) is 0 Å². The average molecular weight is 265 g/mol. The Morgan fingerprint density at radius 2 is 2.11 bits per heavy atom. The number of hydrogen-bond acceptors (Lipinski definition) is 4. The Labute approximate surface area is 112 Å². The zero-order valence-corrected chi connectivity index (χ0v) is 11.3. The molecular weight excluding hydrogens is 246 g/mol. The predicted octanol–water partition coefficient (Wildman–Crippen LogP) is 1.44. The topological polar surface area (TPSA) is 64.6 Å². The third kappa shape index (κ3) is 6.45. The van der Waals surface area contributed by atoms with Crippen molar-refractivity contribution in [3.05, 3.63) is 29.8 Å². The van der Waals surface area contributed by atoms with Crippen LogP contribution in [0.2, 0.25) is 0 Å². The number of esters is 1. The maximum atomic E-state index is 11.4. The van der Waals surface area contributed by atoms with Gasteiger partial charge in [-0.05, 0) is 31.5 Å². The molecule has 0 heterocycles. The van der Waals surface area contributed by atoms with Crippen LogP contribution in [0.25, 0.3) is 0 Å². The number of amides is 1. The van der Waals surface area contributed by atoms with Crippen molar-refractivity contribution in [3.63, 3.8) is 0 Å². The number of nitrogens with one attached hydrogen (secondary N) is 1. The number of aryl methyl sites for hydroxylation is 1.